The third-order valence-corrected chi connectivity index (χ3v) is 4.52. The minimum atomic E-state index is -0.393. The lowest BCUT2D eigenvalue weighted by Crippen LogP contribution is -2.28. The van der Waals surface area contributed by atoms with Gasteiger partial charge in [0, 0.05) is 24.3 Å². The molecule has 2 rings (SSSR count). The van der Waals surface area contributed by atoms with E-state index in [-0.39, 0.29) is 18.4 Å². The van der Waals surface area contributed by atoms with E-state index in [0.717, 1.165) is 38.8 Å². The van der Waals surface area contributed by atoms with Gasteiger partial charge in [-0.05, 0) is 25.9 Å². The summed E-state index contributed by atoms with van der Waals surface area (Å²) in [6.07, 6.45) is 4.40. The van der Waals surface area contributed by atoms with E-state index in [9.17, 15) is 15.0 Å². The minimum absolute atomic E-state index is 0.161. The van der Waals surface area contributed by atoms with Gasteiger partial charge in [-0.25, -0.2) is 0 Å². The second-order valence-corrected chi connectivity index (χ2v) is 5.72. The van der Waals surface area contributed by atoms with Gasteiger partial charge in [-0.1, -0.05) is 26.7 Å². The molecule has 1 aromatic heterocycles. The van der Waals surface area contributed by atoms with Crippen molar-refractivity contribution in [3.05, 3.63) is 27.7 Å². The molecule has 21 heavy (non-hydrogen) atoms. The lowest BCUT2D eigenvalue weighted by Gasteiger charge is -2.27. The molecule has 0 amide bonds. The zero-order chi connectivity index (χ0) is 15.4. The Balaban J connectivity index is 2.52. The third-order valence-electron chi connectivity index (χ3n) is 4.52. The number of hydrogen-bond donors (Lipinski definition) is 2. The number of hydrogen-bond acceptors (Lipinski definition) is 4. The topological polar surface area (TPSA) is 65.7 Å². The van der Waals surface area contributed by atoms with Gasteiger partial charge in [0.1, 0.15) is 0 Å². The molecule has 1 aromatic rings. The first-order chi connectivity index (χ1) is 10.1. The third kappa shape index (κ3) is 3.30. The molecule has 118 valence electrons. The normalized spacial score (nSPS) is 16.0. The summed E-state index contributed by atoms with van der Waals surface area (Å²) in [6.45, 7) is 6.22. The van der Waals surface area contributed by atoms with Gasteiger partial charge in [-0.3, -0.25) is 9.69 Å². The SMILES string of the molecule is CCN(CC)Cc1c(O)c(=O)cc(CO)n1C1CCCC1. The van der Waals surface area contributed by atoms with Crippen molar-refractivity contribution in [2.75, 3.05) is 13.1 Å². The standard InChI is InChI=1S/C16H26N2O3/c1-3-17(4-2)10-14-16(21)15(20)9-13(11-19)18(14)12-7-5-6-8-12/h9,12,19,21H,3-8,10-11H2,1-2H3. The summed E-state index contributed by atoms with van der Waals surface area (Å²) < 4.78 is 2.02. The average Bonchev–Trinajstić information content (AvgIpc) is 3.02. The first kappa shape index (κ1) is 16.0. The molecule has 0 atom stereocenters. The van der Waals surface area contributed by atoms with Crippen LogP contribution in [-0.4, -0.2) is 32.8 Å². The largest absolute Gasteiger partial charge is 0.503 e. The van der Waals surface area contributed by atoms with E-state index >= 15 is 0 Å². The number of aliphatic hydroxyl groups is 1. The van der Waals surface area contributed by atoms with Gasteiger partial charge < -0.3 is 14.8 Å². The van der Waals surface area contributed by atoms with Gasteiger partial charge in [0.25, 0.3) is 0 Å². The maximum atomic E-state index is 12.0. The van der Waals surface area contributed by atoms with Crippen LogP contribution in [-0.2, 0) is 13.2 Å². The lowest BCUT2D eigenvalue weighted by molar-refractivity contribution is 0.248. The Labute approximate surface area is 125 Å². The minimum Gasteiger partial charge on any atom is -0.503 e. The average molecular weight is 294 g/mol. The van der Waals surface area contributed by atoms with Crippen LogP contribution in [0.4, 0.5) is 0 Å². The van der Waals surface area contributed by atoms with Crippen LogP contribution in [0.3, 0.4) is 0 Å². The second-order valence-electron chi connectivity index (χ2n) is 5.72. The van der Waals surface area contributed by atoms with Gasteiger partial charge in [0.2, 0.25) is 5.43 Å². The van der Waals surface area contributed by atoms with E-state index < -0.39 is 5.43 Å². The maximum absolute atomic E-state index is 12.0. The van der Waals surface area contributed by atoms with Crippen molar-refractivity contribution in [3.63, 3.8) is 0 Å². The molecule has 1 fully saturated rings. The Morgan fingerprint density at radius 1 is 1.29 bits per heavy atom. The Kier molecular flexibility index (Phi) is 5.42. The van der Waals surface area contributed by atoms with E-state index in [2.05, 4.69) is 18.7 Å². The Bertz CT molecular complexity index is 529. The number of aromatic nitrogens is 1. The summed E-state index contributed by atoms with van der Waals surface area (Å²) in [6, 6.07) is 1.66. The van der Waals surface area contributed by atoms with Gasteiger partial charge in [-0.2, -0.15) is 0 Å². The number of rotatable bonds is 6. The van der Waals surface area contributed by atoms with Crippen molar-refractivity contribution in [2.45, 2.75) is 58.7 Å². The fourth-order valence-corrected chi connectivity index (χ4v) is 3.27. The van der Waals surface area contributed by atoms with E-state index in [0.29, 0.717) is 17.9 Å². The van der Waals surface area contributed by atoms with Crippen LogP contribution in [0.5, 0.6) is 5.75 Å². The number of aromatic hydroxyl groups is 1. The molecule has 0 unspecified atom stereocenters. The van der Waals surface area contributed by atoms with Crippen LogP contribution < -0.4 is 5.43 Å². The predicted molar refractivity (Wildman–Crippen MR) is 82.4 cm³/mol. The summed E-state index contributed by atoms with van der Waals surface area (Å²) in [5.41, 5.74) is 0.879. The van der Waals surface area contributed by atoms with Crippen molar-refractivity contribution < 1.29 is 10.2 Å². The molecule has 0 aromatic carbocycles. The maximum Gasteiger partial charge on any atom is 0.223 e. The van der Waals surface area contributed by atoms with Crippen LogP contribution >= 0.6 is 0 Å². The first-order valence-electron chi connectivity index (χ1n) is 7.91. The first-order valence-corrected chi connectivity index (χ1v) is 7.91. The Morgan fingerprint density at radius 3 is 2.43 bits per heavy atom. The monoisotopic (exact) mass is 294 g/mol. The molecule has 0 spiro atoms. The second kappa shape index (κ2) is 7.09. The van der Waals surface area contributed by atoms with Crippen LogP contribution in [0.25, 0.3) is 0 Å². The zero-order valence-electron chi connectivity index (χ0n) is 13.0. The Morgan fingerprint density at radius 2 is 1.90 bits per heavy atom. The summed E-state index contributed by atoms with van der Waals surface area (Å²) in [7, 11) is 0. The molecule has 2 N–H and O–H groups in total. The van der Waals surface area contributed by atoms with Crippen LogP contribution in [0.1, 0.15) is 57.0 Å². The lowest BCUT2D eigenvalue weighted by atomic mass is 10.1. The molecule has 0 bridgehead atoms. The number of pyridine rings is 1. The van der Waals surface area contributed by atoms with Crippen molar-refractivity contribution in [1.82, 2.24) is 9.47 Å². The number of aliphatic hydroxyl groups excluding tert-OH is 1. The van der Waals surface area contributed by atoms with Gasteiger partial charge in [-0.15, -0.1) is 0 Å². The highest BCUT2D eigenvalue weighted by Gasteiger charge is 2.24. The number of nitrogens with zero attached hydrogens (tertiary/aromatic N) is 2. The fourth-order valence-electron chi connectivity index (χ4n) is 3.27. The molecule has 0 aliphatic heterocycles. The molecule has 0 radical (unpaired) electrons. The smallest absolute Gasteiger partial charge is 0.223 e. The molecule has 0 saturated heterocycles. The molecule has 5 nitrogen and oxygen atoms in total. The van der Waals surface area contributed by atoms with Gasteiger partial charge in [0.15, 0.2) is 5.75 Å². The van der Waals surface area contributed by atoms with E-state index in [4.69, 9.17) is 0 Å². The molecular formula is C16H26N2O3. The van der Waals surface area contributed by atoms with Gasteiger partial charge >= 0.3 is 0 Å². The molecule has 1 aliphatic rings. The van der Waals surface area contributed by atoms with E-state index in [1.54, 1.807) is 0 Å². The zero-order valence-corrected chi connectivity index (χ0v) is 13.0. The predicted octanol–water partition coefficient (Wildman–Crippen LogP) is 2.00. The summed E-state index contributed by atoms with van der Waals surface area (Å²) in [5, 5.41) is 19.9. The van der Waals surface area contributed by atoms with Gasteiger partial charge in [0.05, 0.1) is 12.3 Å². The molecule has 5 heteroatoms. The van der Waals surface area contributed by atoms with Crippen LogP contribution in [0, 0.1) is 0 Å². The van der Waals surface area contributed by atoms with Crippen molar-refractivity contribution >= 4 is 0 Å². The highest BCUT2D eigenvalue weighted by Crippen LogP contribution is 2.33. The van der Waals surface area contributed by atoms with Crippen molar-refractivity contribution in [1.29, 1.82) is 0 Å². The highest BCUT2D eigenvalue weighted by atomic mass is 16.3. The quantitative estimate of drug-likeness (QED) is 0.842. The highest BCUT2D eigenvalue weighted by molar-refractivity contribution is 5.31. The summed E-state index contributed by atoms with van der Waals surface area (Å²) in [4.78, 5) is 14.1. The Hall–Kier alpha value is -1.33. The van der Waals surface area contributed by atoms with Crippen LogP contribution in [0.2, 0.25) is 0 Å². The van der Waals surface area contributed by atoms with E-state index in [1.165, 1.54) is 6.07 Å². The van der Waals surface area contributed by atoms with Crippen molar-refractivity contribution in [2.24, 2.45) is 0 Å². The van der Waals surface area contributed by atoms with Crippen molar-refractivity contribution in [3.8, 4) is 5.75 Å². The fraction of sp³-hybridized carbons (Fsp3) is 0.688. The molecule has 1 aliphatic carbocycles. The summed E-state index contributed by atoms with van der Waals surface area (Å²) in [5.74, 6) is -0.161. The van der Waals surface area contributed by atoms with E-state index in [1.807, 2.05) is 4.57 Å². The molecular weight excluding hydrogens is 268 g/mol. The summed E-state index contributed by atoms with van der Waals surface area (Å²) >= 11 is 0. The molecule has 1 heterocycles. The molecule has 1 saturated carbocycles. The van der Waals surface area contributed by atoms with Crippen LogP contribution in [0.15, 0.2) is 10.9 Å².